The molecule has 0 unspecified atom stereocenters. The summed E-state index contributed by atoms with van der Waals surface area (Å²) in [5.74, 6) is 0.373. The van der Waals surface area contributed by atoms with Crippen LogP contribution in [0.4, 0.5) is 0 Å². The third kappa shape index (κ3) is 4.16. The highest BCUT2D eigenvalue weighted by molar-refractivity contribution is 5.73. The number of carbonyl (C=O) groups excluding carboxylic acids is 1. The number of aromatic nitrogens is 2. The molecule has 0 atom stereocenters. The van der Waals surface area contributed by atoms with Gasteiger partial charge < -0.3 is 14.4 Å². The number of hydrogen-bond acceptors (Lipinski definition) is 4. The van der Waals surface area contributed by atoms with E-state index in [0.29, 0.717) is 24.6 Å². The van der Waals surface area contributed by atoms with Gasteiger partial charge in [0.05, 0.1) is 19.3 Å². The minimum atomic E-state index is -0.314. The smallest absolute Gasteiger partial charge is 0.310 e. The third-order valence-corrected chi connectivity index (χ3v) is 4.70. The van der Waals surface area contributed by atoms with E-state index in [0.717, 1.165) is 18.4 Å². The first-order valence-electron chi connectivity index (χ1n) is 8.66. The Kier molecular flexibility index (Phi) is 5.51. The number of esters is 1. The Labute approximate surface area is 142 Å². The highest BCUT2D eigenvalue weighted by Gasteiger charge is 2.20. The molecule has 1 saturated carbocycles. The lowest BCUT2D eigenvalue weighted by molar-refractivity contribution is -0.143. The third-order valence-electron chi connectivity index (χ3n) is 4.70. The Morgan fingerprint density at radius 3 is 2.88 bits per heavy atom. The molecule has 5 nitrogen and oxygen atoms in total. The van der Waals surface area contributed by atoms with Gasteiger partial charge in [-0.1, -0.05) is 37.5 Å². The van der Waals surface area contributed by atoms with Gasteiger partial charge in [0.1, 0.15) is 12.4 Å². The maximum Gasteiger partial charge on any atom is 0.310 e. The van der Waals surface area contributed by atoms with Crippen LogP contribution < -0.4 is 0 Å². The summed E-state index contributed by atoms with van der Waals surface area (Å²) in [6, 6.07) is 5.72. The second-order valence-corrected chi connectivity index (χ2v) is 6.39. The lowest BCUT2D eigenvalue weighted by Crippen LogP contribution is -2.13. The molecule has 1 N–H and O–H groups in total. The number of aromatic hydroxyl groups is 1. The van der Waals surface area contributed by atoms with Crippen LogP contribution >= 0.6 is 0 Å². The molecule has 1 aromatic carbocycles. The predicted molar refractivity (Wildman–Crippen MR) is 90.8 cm³/mol. The fourth-order valence-electron chi connectivity index (χ4n) is 3.39. The van der Waals surface area contributed by atoms with Gasteiger partial charge in [-0.25, -0.2) is 4.98 Å². The average molecular weight is 328 g/mol. The molecule has 5 heteroatoms. The van der Waals surface area contributed by atoms with Gasteiger partial charge >= 0.3 is 5.97 Å². The van der Waals surface area contributed by atoms with Crippen molar-refractivity contribution in [2.45, 2.75) is 51.0 Å². The molecular weight excluding hydrogens is 304 g/mol. The fraction of sp³-hybridized carbons (Fsp3) is 0.474. The second-order valence-electron chi connectivity index (χ2n) is 6.39. The van der Waals surface area contributed by atoms with Crippen molar-refractivity contribution in [3.05, 3.63) is 48.0 Å². The van der Waals surface area contributed by atoms with E-state index >= 15 is 0 Å². The largest absolute Gasteiger partial charge is 0.507 e. The van der Waals surface area contributed by atoms with Crippen LogP contribution in [0.25, 0.3) is 0 Å². The Morgan fingerprint density at radius 2 is 2.12 bits per heavy atom. The van der Waals surface area contributed by atoms with Crippen molar-refractivity contribution in [1.29, 1.82) is 0 Å². The summed E-state index contributed by atoms with van der Waals surface area (Å²) in [5.41, 5.74) is 1.64. The van der Waals surface area contributed by atoms with E-state index in [4.69, 9.17) is 4.74 Å². The number of carbonyl (C=O) groups is 1. The molecular formula is C19H24N2O3. The minimum Gasteiger partial charge on any atom is -0.507 e. The minimum absolute atomic E-state index is 0.107. The van der Waals surface area contributed by atoms with E-state index in [1.807, 2.05) is 22.9 Å². The normalized spacial score (nSPS) is 15.3. The molecule has 0 amide bonds. The highest BCUT2D eigenvalue weighted by Crippen LogP contribution is 2.38. The molecule has 3 rings (SSSR count). The van der Waals surface area contributed by atoms with Crippen LogP contribution in [0.2, 0.25) is 0 Å². The first kappa shape index (κ1) is 16.6. The number of hydrogen-bond donors (Lipinski definition) is 1. The van der Waals surface area contributed by atoms with E-state index < -0.39 is 0 Å². The Morgan fingerprint density at radius 1 is 1.29 bits per heavy atom. The SMILES string of the molecule is O=C(Cc1cccc(C2CCCCC2)c1O)OCCn1ccnc1. The maximum atomic E-state index is 12.0. The van der Waals surface area contributed by atoms with Crippen molar-refractivity contribution in [2.24, 2.45) is 0 Å². The molecule has 24 heavy (non-hydrogen) atoms. The van der Waals surface area contributed by atoms with Crippen molar-refractivity contribution >= 4 is 5.97 Å². The number of ether oxygens (including phenoxy) is 1. The summed E-state index contributed by atoms with van der Waals surface area (Å²) in [4.78, 5) is 16.0. The molecule has 2 aromatic rings. The molecule has 1 aromatic heterocycles. The van der Waals surface area contributed by atoms with Gasteiger partial charge in [0.15, 0.2) is 0 Å². The van der Waals surface area contributed by atoms with Gasteiger partial charge in [-0.05, 0) is 24.3 Å². The number of rotatable bonds is 6. The fourth-order valence-corrected chi connectivity index (χ4v) is 3.39. The zero-order valence-corrected chi connectivity index (χ0v) is 13.9. The summed E-state index contributed by atoms with van der Waals surface area (Å²) >= 11 is 0. The zero-order chi connectivity index (χ0) is 16.8. The lowest BCUT2D eigenvalue weighted by Gasteiger charge is -2.23. The first-order chi connectivity index (χ1) is 11.7. The molecule has 0 spiro atoms. The van der Waals surface area contributed by atoms with Crippen molar-refractivity contribution in [2.75, 3.05) is 6.61 Å². The average Bonchev–Trinajstić information content (AvgIpc) is 3.11. The van der Waals surface area contributed by atoms with Crippen LogP contribution in [0.3, 0.4) is 0 Å². The quantitative estimate of drug-likeness (QED) is 0.825. The van der Waals surface area contributed by atoms with Crippen molar-refractivity contribution in [1.82, 2.24) is 9.55 Å². The molecule has 0 radical (unpaired) electrons. The number of benzene rings is 1. The number of para-hydroxylation sites is 1. The van der Waals surface area contributed by atoms with Gasteiger partial charge in [0.2, 0.25) is 0 Å². The first-order valence-corrected chi connectivity index (χ1v) is 8.66. The summed E-state index contributed by atoms with van der Waals surface area (Å²) in [6.07, 6.45) is 11.3. The zero-order valence-electron chi connectivity index (χ0n) is 13.9. The molecule has 0 bridgehead atoms. The number of imidazole rings is 1. The Bertz CT molecular complexity index is 661. The van der Waals surface area contributed by atoms with E-state index in [1.165, 1.54) is 19.3 Å². The van der Waals surface area contributed by atoms with Gasteiger partial charge in [-0.2, -0.15) is 0 Å². The number of phenolic OH excluding ortho intramolecular Hbond substituents is 1. The Balaban J connectivity index is 1.56. The molecule has 1 fully saturated rings. The summed E-state index contributed by atoms with van der Waals surface area (Å²) in [5, 5.41) is 10.5. The highest BCUT2D eigenvalue weighted by atomic mass is 16.5. The van der Waals surface area contributed by atoms with Gasteiger partial charge in [0.25, 0.3) is 0 Å². The molecule has 0 saturated heterocycles. The molecule has 1 aliphatic carbocycles. The predicted octanol–water partition coefficient (Wildman–Crippen LogP) is 3.42. The van der Waals surface area contributed by atoms with Crippen molar-refractivity contribution in [3.8, 4) is 5.75 Å². The van der Waals surface area contributed by atoms with Gasteiger partial charge in [-0.3, -0.25) is 4.79 Å². The van der Waals surface area contributed by atoms with E-state index in [2.05, 4.69) is 4.98 Å². The van der Waals surface area contributed by atoms with E-state index in [1.54, 1.807) is 18.6 Å². The summed E-state index contributed by atoms with van der Waals surface area (Å²) in [7, 11) is 0. The monoisotopic (exact) mass is 328 g/mol. The molecule has 0 aliphatic heterocycles. The van der Waals surface area contributed by atoms with Gasteiger partial charge in [0, 0.05) is 18.0 Å². The van der Waals surface area contributed by atoms with Crippen molar-refractivity contribution in [3.63, 3.8) is 0 Å². The lowest BCUT2D eigenvalue weighted by atomic mass is 9.83. The summed E-state index contributed by atoms with van der Waals surface area (Å²) < 4.78 is 7.12. The standard InChI is InChI=1S/C19H24N2O3/c22-18(24-12-11-21-10-9-20-14-21)13-16-7-4-8-17(19(16)23)15-5-2-1-3-6-15/h4,7-10,14-15,23H,1-3,5-6,11-13H2. The maximum absolute atomic E-state index is 12.0. The van der Waals surface area contributed by atoms with Crippen LogP contribution in [0.15, 0.2) is 36.9 Å². The molecule has 1 heterocycles. The Hall–Kier alpha value is -2.30. The second kappa shape index (κ2) is 7.99. The van der Waals surface area contributed by atoms with E-state index in [9.17, 15) is 9.90 Å². The topological polar surface area (TPSA) is 64.3 Å². The van der Waals surface area contributed by atoms with Crippen LogP contribution in [-0.2, 0) is 22.5 Å². The van der Waals surface area contributed by atoms with Gasteiger partial charge in [-0.15, -0.1) is 0 Å². The molecule has 128 valence electrons. The van der Waals surface area contributed by atoms with Crippen molar-refractivity contribution < 1.29 is 14.6 Å². The number of nitrogens with zero attached hydrogens (tertiary/aromatic N) is 2. The van der Waals surface area contributed by atoms with Crippen LogP contribution in [0.1, 0.15) is 49.1 Å². The summed E-state index contributed by atoms with van der Waals surface area (Å²) in [6.45, 7) is 0.887. The van der Waals surface area contributed by atoms with Crippen LogP contribution in [0.5, 0.6) is 5.75 Å². The molecule has 1 aliphatic rings. The van der Waals surface area contributed by atoms with Crippen LogP contribution in [-0.4, -0.2) is 27.2 Å². The van der Waals surface area contributed by atoms with Crippen LogP contribution in [0, 0.1) is 0 Å². The van der Waals surface area contributed by atoms with E-state index in [-0.39, 0.29) is 18.1 Å². The number of phenols is 1.